The maximum Gasteiger partial charge on any atom is 0.433 e. The molecule has 2 unspecified atom stereocenters. The molecule has 1 saturated heterocycles. The van der Waals surface area contributed by atoms with Crippen LogP contribution in [0.5, 0.6) is 11.5 Å². The molecule has 8 heteroatoms. The molecule has 0 N–H and O–H groups in total. The minimum atomic E-state index is -3.87. The fourth-order valence-corrected chi connectivity index (χ4v) is 5.21. The van der Waals surface area contributed by atoms with E-state index in [1.165, 1.54) is 6.42 Å². The number of alkyl halides is 2. The lowest BCUT2D eigenvalue weighted by Gasteiger charge is -2.37. The van der Waals surface area contributed by atoms with Crippen LogP contribution in [-0.4, -0.2) is 25.4 Å². The van der Waals surface area contributed by atoms with E-state index in [1.807, 2.05) is 19.1 Å². The molecule has 2 aliphatic rings. The zero-order valence-electron chi connectivity index (χ0n) is 20.2. The zero-order valence-corrected chi connectivity index (χ0v) is 20.2. The van der Waals surface area contributed by atoms with Crippen molar-refractivity contribution < 1.29 is 36.2 Å². The van der Waals surface area contributed by atoms with Crippen LogP contribution in [0.1, 0.15) is 56.9 Å². The van der Waals surface area contributed by atoms with Gasteiger partial charge in [-0.05, 0) is 75.0 Å². The Bertz CT molecular complexity index is 1000. The highest BCUT2D eigenvalue weighted by Crippen LogP contribution is 2.40. The van der Waals surface area contributed by atoms with Crippen molar-refractivity contribution in [2.75, 3.05) is 13.2 Å². The standard InChI is InChI=1S/C28H31F5O3/c1-2-3-18-4-13-26(34-16-18)21-7-5-19(6-8-21)20-9-11-22(12-10-20)35-17-28(32,33)36-23-14-24(29)27(31)25(30)15-23/h2-3,9-12,14-15,18-19,21,26H,4-8,13,16-17H2,1H3/b3-2+. The van der Waals surface area contributed by atoms with Crippen molar-refractivity contribution in [3.63, 3.8) is 0 Å². The molecular formula is C28H31F5O3. The minimum absolute atomic E-state index is 0.221. The second kappa shape index (κ2) is 11.6. The largest absolute Gasteiger partial charge is 0.483 e. The van der Waals surface area contributed by atoms with Crippen LogP contribution in [0.2, 0.25) is 0 Å². The third-order valence-electron chi connectivity index (χ3n) is 7.09. The van der Waals surface area contributed by atoms with Gasteiger partial charge in [-0.2, -0.15) is 8.78 Å². The number of rotatable bonds is 8. The molecule has 2 aromatic carbocycles. The predicted molar refractivity (Wildman–Crippen MR) is 126 cm³/mol. The summed E-state index contributed by atoms with van der Waals surface area (Å²) >= 11 is 0. The Labute approximate surface area is 208 Å². The maximum atomic E-state index is 14.1. The SMILES string of the molecule is C/C=C/C1CCC(C2CCC(c3ccc(OCC(F)(F)Oc4cc(F)c(F)c(F)c4)cc3)CC2)OC1. The van der Waals surface area contributed by atoms with E-state index in [1.54, 1.807) is 12.1 Å². The second-order valence-corrected chi connectivity index (χ2v) is 9.64. The molecule has 3 nitrogen and oxygen atoms in total. The number of hydrogen-bond acceptors (Lipinski definition) is 3. The lowest BCUT2D eigenvalue weighted by atomic mass is 9.75. The number of halogens is 5. The van der Waals surface area contributed by atoms with E-state index < -0.39 is 35.9 Å². The minimum Gasteiger partial charge on any atom is -0.483 e. The summed E-state index contributed by atoms with van der Waals surface area (Å²) in [4.78, 5) is 0. The first-order valence-corrected chi connectivity index (χ1v) is 12.4. The number of hydrogen-bond donors (Lipinski definition) is 0. The maximum absolute atomic E-state index is 14.1. The van der Waals surface area contributed by atoms with Gasteiger partial charge in [0, 0.05) is 18.1 Å². The topological polar surface area (TPSA) is 27.7 Å². The van der Waals surface area contributed by atoms with Crippen LogP contribution < -0.4 is 9.47 Å². The molecule has 36 heavy (non-hydrogen) atoms. The lowest BCUT2D eigenvalue weighted by Crippen LogP contribution is -2.33. The third kappa shape index (κ3) is 6.78. The average Bonchev–Trinajstić information content (AvgIpc) is 2.87. The molecule has 1 aliphatic heterocycles. The molecule has 0 bridgehead atoms. The first-order chi connectivity index (χ1) is 17.2. The van der Waals surface area contributed by atoms with Gasteiger partial charge in [-0.15, -0.1) is 0 Å². The van der Waals surface area contributed by atoms with Gasteiger partial charge in [-0.1, -0.05) is 24.3 Å². The van der Waals surface area contributed by atoms with Gasteiger partial charge in [-0.25, -0.2) is 13.2 Å². The lowest BCUT2D eigenvalue weighted by molar-refractivity contribution is -0.195. The molecule has 0 radical (unpaired) electrons. The normalized spacial score (nSPS) is 25.2. The summed E-state index contributed by atoms with van der Waals surface area (Å²) < 4.78 is 83.2. The molecule has 196 valence electrons. The fourth-order valence-electron chi connectivity index (χ4n) is 5.21. The molecule has 0 spiro atoms. The molecule has 1 saturated carbocycles. The van der Waals surface area contributed by atoms with Gasteiger partial charge in [0.05, 0.1) is 12.7 Å². The first-order valence-electron chi connectivity index (χ1n) is 12.4. The van der Waals surface area contributed by atoms with Crippen molar-refractivity contribution in [3.05, 3.63) is 71.6 Å². The van der Waals surface area contributed by atoms with Gasteiger partial charge < -0.3 is 14.2 Å². The van der Waals surface area contributed by atoms with Crippen molar-refractivity contribution in [1.82, 2.24) is 0 Å². The van der Waals surface area contributed by atoms with Crippen LogP contribution in [0.15, 0.2) is 48.6 Å². The quantitative estimate of drug-likeness (QED) is 0.206. The van der Waals surface area contributed by atoms with Crippen LogP contribution in [0.3, 0.4) is 0 Å². The molecule has 1 heterocycles. The van der Waals surface area contributed by atoms with Crippen LogP contribution >= 0.6 is 0 Å². The highest BCUT2D eigenvalue weighted by atomic mass is 19.3. The van der Waals surface area contributed by atoms with Gasteiger partial charge in [0.25, 0.3) is 0 Å². The molecule has 2 aromatic rings. The highest BCUT2D eigenvalue weighted by molar-refractivity contribution is 5.30. The zero-order chi connectivity index (χ0) is 25.7. The Balaban J connectivity index is 1.24. The molecule has 4 rings (SSSR count). The molecule has 0 aromatic heterocycles. The summed E-state index contributed by atoms with van der Waals surface area (Å²) in [5.41, 5.74) is 1.14. The second-order valence-electron chi connectivity index (χ2n) is 9.64. The Kier molecular flexibility index (Phi) is 8.54. The fraction of sp³-hybridized carbons (Fsp3) is 0.500. The van der Waals surface area contributed by atoms with Gasteiger partial charge in [0.1, 0.15) is 11.5 Å². The summed E-state index contributed by atoms with van der Waals surface area (Å²) in [6.07, 6.45) is 7.40. The van der Waals surface area contributed by atoms with Crippen LogP contribution in [0.4, 0.5) is 22.0 Å². The molecule has 2 atom stereocenters. The van der Waals surface area contributed by atoms with Crippen molar-refractivity contribution in [3.8, 4) is 11.5 Å². The van der Waals surface area contributed by atoms with Crippen molar-refractivity contribution in [2.45, 2.75) is 63.6 Å². The van der Waals surface area contributed by atoms with Gasteiger partial charge in [-0.3, -0.25) is 0 Å². The summed E-state index contributed by atoms with van der Waals surface area (Å²) in [6, 6.07) is 7.72. The smallest absolute Gasteiger partial charge is 0.433 e. The van der Waals surface area contributed by atoms with Crippen LogP contribution in [-0.2, 0) is 4.74 Å². The van der Waals surface area contributed by atoms with Gasteiger partial charge in [0.15, 0.2) is 24.1 Å². The van der Waals surface area contributed by atoms with Crippen molar-refractivity contribution in [2.24, 2.45) is 11.8 Å². The Morgan fingerprint density at radius 2 is 1.58 bits per heavy atom. The number of allylic oxidation sites excluding steroid dienone is 1. The summed E-state index contributed by atoms with van der Waals surface area (Å²) in [6.45, 7) is 1.67. The van der Waals surface area contributed by atoms with E-state index in [9.17, 15) is 22.0 Å². The van der Waals surface area contributed by atoms with Gasteiger partial charge >= 0.3 is 6.11 Å². The van der Waals surface area contributed by atoms with Crippen LogP contribution in [0, 0.1) is 29.3 Å². The summed E-state index contributed by atoms with van der Waals surface area (Å²) in [5.74, 6) is -4.07. The average molecular weight is 511 g/mol. The van der Waals surface area contributed by atoms with Gasteiger partial charge in [0.2, 0.25) is 0 Å². The van der Waals surface area contributed by atoms with Crippen molar-refractivity contribution in [1.29, 1.82) is 0 Å². The van der Waals surface area contributed by atoms with Crippen LogP contribution in [0.25, 0.3) is 0 Å². The first kappa shape index (κ1) is 26.5. The molecule has 0 amide bonds. The Morgan fingerprint density at radius 3 is 2.17 bits per heavy atom. The number of ether oxygens (including phenoxy) is 3. The third-order valence-corrected chi connectivity index (χ3v) is 7.09. The monoisotopic (exact) mass is 510 g/mol. The predicted octanol–water partition coefficient (Wildman–Crippen LogP) is 7.80. The Morgan fingerprint density at radius 1 is 0.917 bits per heavy atom. The van der Waals surface area contributed by atoms with E-state index in [4.69, 9.17) is 9.47 Å². The van der Waals surface area contributed by atoms with E-state index in [0.29, 0.717) is 36.0 Å². The van der Waals surface area contributed by atoms with Crippen molar-refractivity contribution >= 4 is 0 Å². The number of benzene rings is 2. The van der Waals surface area contributed by atoms with E-state index in [-0.39, 0.29) is 5.75 Å². The molecular weight excluding hydrogens is 479 g/mol. The van der Waals surface area contributed by atoms with E-state index in [0.717, 1.165) is 44.3 Å². The Hall–Kier alpha value is -2.61. The van der Waals surface area contributed by atoms with E-state index in [2.05, 4.69) is 16.9 Å². The van der Waals surface area contributed by atoms with E-state index >= 15 is 0 Å². The molecule has 2 fully saturated rings. The summed E-state index contributed by atoms with van der Waals surface area (Å²) in [7, 11) is 0. The highest BCUT2D eigenvalue weighted by Gasteiger charge is 2.34. The molecule has 1 aliphatic carbocycles. The summed E-state index contributed by atoms with van der Waals surface area (Å²) in [5, 5.41) is 0.